The summed E-state index contributed by atoms with van der Waals surface area (Å²) in [5.41, 5.74) is 2.82. The van der Waals surface area contributed by atoms with Crippen molar-refractivity contribution in [1.82, 2.24) is 10.2 Å². The molecule has 0 amide bonds. The Kier molecular flexibility index (Phi) is 5.11. The molecule has 0 unspecified atom stereocenters. The second kappa shape index (κ2) is 6.46. The highest BCUT2D eigenvalue weighted by molar-refractivity contribution is 6.30. The maximum atomic E-state index is 6.11. The summed E-state index contributed by atoms with van der Waals surface area (Å²) in [4.78, 5) is 2.58. The van der Waals surface area contributed by atoms with Gasteiger partial charge in [0.2, 0.25) is 0 Å². The van der Waals surface area contributed by atoms with Gasteiger partial charge in [-0.2, -0.15) is 0 Å². The zero-order chi connectivity index (χ0) is 14.8. The van der Waals surface area contributed by atoms with Gasteiger partial charge in [-0.1, -0.05) is 17.7 Å². The number of nitrogens with zero attached hydrogens (tertiary/aromatic N) is 1. The highest BCUT2D eigenvalue weighted by Gasteiger charge is 2.26. The van der Waals surface area contributed by atoms with Crippen molar-refractivity contribution in [3.63, 3.8) is 0 Å². The molecule has 0 saturated carbocycles. The maximum absolute atomic E-state index is 6.11. The largest absolute Gasteiger partial charge is 0.310 e. The molecule has 0 radical (unpaired) electrons. The molecule has 0 atom stereocenters. The van der Waals surface area contributed by atoms with Crippen LogP contribution in [0, 0.1) is 6.92 Å². The van der Waals surface area contributed by atoms with Gasteiger partial charge in [0.1, 0.15) is 0 Å². The van der Waals surface area contributed by atoms with Gasteiger partial charge in [-0.3, -0.25) is 4.90 Å². The molecule has 1 saturated heterocycles. The Labute approximate surface area is 128 Å². The van der Waals surface area contributed by atoms with Gasteiger partial charge >= 0.3 is 0 Å². The first-order valence-corrected chi connectivity index (χ1v) is 7.97. The van der Waals surface area contributed by atoms with Crippen molar-refractivity contribution in [3.8, 4) is 0 Å². The highest BCUT2D eigenvalue weighted by atomic mass is 35.5. The molecule has 112 valence electrons. The number of hydrogen-bond donors (Lipinski definition) is 1. The standard InChI is InChI=1S/C17H27ClN2/c1-13-9-14(11-15(18)10-13)12-19-16-5-7-20(8-6-16)17(2,3)4/h9-11,16,19H,5-8,12H2,1-4H3. The second-order valence-corrected chi connectivity index (χ2v) is 7.39. The lowest BCUT2D eigenvalue weighted by atomic mass is 9.98. The Hall–Kier alpha value is -0.570. The molecular weight excluding hydrogens is 268 g/mol. The normalized spacial score (nSPS) is 18.4. The van der Waals surface area contributed by atoms with E-state index in [1.54, 1.807) is 0 Å². The molecule has 1 fully saturated rings. The van der Waals surface area contributed by atoms with E-state index in [9.17, 15) is 0 Å². The van der Waals surface area contributed by atoms with Crippen molar-refractivity contribution < 1.29 is 0 Å². The van der Waals surface area contributed by atoms with Crippen LogP contribution in [0.25, 0.3) is 0 Å². The summed E-state index contributed by atoms with van der Waals surface area (Å²) in [5.74, 6) is 0. The van der Waals surface area contributed by atoms with Crippen LogP contribution in [0.2, 0.25) is 5.02 Å². The third-order valence-electron chi connectivity index (χ3n) is 4.14. The number of aryl methyl sites for hydroxylation is 1. The van der Waals surface area contributed by atoms with Crippen molar-refractivity contribution >= 4 is 11.6 Å². The van der Waals surface area contributed by atoms with E-state index in [1.807, 2.05) is 6.07 Å². The van der Waals surface area contributed by atoms with E-state index in [4.69, 9.17) is 11.6 Å². The molecule has 1 N–H and O–H groups in total. The molecule has 0 spiro atoms. The predicted molar refractivity (Wildman–Crippen MR) is 87.4 cm³/mol. The average Bonchev–Trinajstić information content (AvgIpc) is 2.35. The number of piperidine rings is 1. The minimum atomic E-state index is 0.301. The Morgan fingerprint density at radius 3 is 2.40 bits per heavy atom. The molecule has 1 aromatic rings. The van der Waals surface area contributed by atoms with Gasteiger partial charge in [-0.25, -0.2) is 0 Å². The minimum absolute atomic E-state index is 0.301. The first-order valence-electron chi connectivity index (χ1n) is 7.59. The molecular formula is C17H27ClN2. The number of nitrogens with one attached hydrogen (secondary N) is 1. The van der Waals surface area contributed by atoms with Gasteiger partial charge < -0.3 is 5.32 Å². The average molecular weight is 295 g/mol. The number of hydrogen-bond acceptors (Lipinski definition) is 2. The fourth-order valence-electron chi connectivity index (χ4n) is 2.93. The highest BCUT2D eigenvalue weighted by Crippen LogP contribution is 2.20. The van der Waals surface area contributed by atoms with Crippen LogP contribution in [-0.4, -0.2) is 29.6 Å². The molecule has 2 rings (SSSR count). The molecule has 1 aliphatic rings. The Balaban J connectivity index is 1.81. The predicted octanol–water partition coefficient (Wildman–Crippen LogP) is 4.00. The summed E-state index contributed by atoms with van der Waals surface area (Å²) >= 11 is 6.11. The van der Waals surface area contributed by atoms with Crippen LogP contribution >= 0.6 is 11.6 Å². The van der Waals surface area contributed by atoms with Gasteiger partial charge in [0.15, 0.2) is 0 Å². The van der Waals surface area contributed by atoms with E-state index in [0.717, 1.165) is 11.6 Å². The molecule has 20 heavy (non-hydrogen) atoms. The monoisotopic (exact) mass is 294 g/mol. The molecule has 1 aromatic carbocycles. The quantitative estimate of drug-likeness (QED) is 0.906. The number of likely N-dealkylation sites (tertiary alicyclic amines) is 1. The van der Waals surface area contributed by atoms with Crippen molar-refractivity contribution in [2.75, 3.05) is 13.1 Å². The van der Waals surface area contributed by atoms with E-state index in [1.165, 1.54) is 37.1 Å². The maximum Gasteiger partial charge on any atom is 0.0411 e. The lowest BCUT2D eigenvalue weighted by Crippen LogP contribution is -2.49. The van der Waals surface area contributed by atoms with Crippen molar-refractivity contribution in [2.45, 2.75) is 58.7 Å². The van der Waals surface area contributed by atoms with Crippen molar-refractivity contribution in [1.29, 1.82) is 0 Å². The van der Waals surface area contributed by atoms with Crippen LogP contribution in [0.4, 0.5) is 0 Å². The fraction of sp³-hybridized carbons (Fsp3) is 0.647. The summed E-state index contributed by atoms with van der Waals surface area (Å²) < 4.78 is 0. The molecule has 0 aliphatic carbocycles. The third-order valence-corrected chi connectivity index (χ3v) is 4.36. The molecule has 0 aromatic heterocycles. The van der Waals surface area contributed by atoms with Gasteiger partial charge in [-0.05, 0) is 63.8 Å². The Morgan fingerprint density at radius 1 is 1.20 bits per heavy atom. The first kappa shape index (κ1) is 15.8. The molecule has 3 heteroatoms. The first-order chi connectivity index (χ1) is 9.34. The van der Waals surface area contributed by atoms with Crippen LogP contribution in [-0.2, 0) is 6.54 Å². The molecule has 0 bridgehead atoms. The summed E-state index contributed by atoms with van der Waals surface area (Å²) in [6.07, 6.45) is 2.47. The summed E-state index contributed by atoms with van der Waals surface area (Å²) in [7, 11) is 0. The van der Waals surface area contributed by atoms with Gasteiger partial charge in [0.05, 0.1) is 0 Å². The van der Waals surface area contributed by atoms with Crippen molar-refractivity contribution in [3.05, 3.63) is 34.3 Å². The molecule has 1 heterocycles. The van der Waals surface area contributed by atoms with Crippen LogP contribution < -0.4 is 5.32 Å². The van der Waals surface area contributed by atoms with Crippen LogP contribution in [0.5, 0.6) is 0 Å². The second-order valence-electron chi connectivity index (χ2n) is 6.95. The lowest BCUT2D eigenvalue weighted by molar-refractivity contribution is 0.0960. The topological polar surface area (TPSA) is 15.3 Å². The number of benzene rings is 1. The van der Waals surface area contributed by atoms with Gasteiger partial charge in [-0.15, -0.1) is 0 Å². The van der Waals surface area contributed by atoms with E-state index in [0.29, 0.717) is 11.6 Å². The third kappa shape index (κ3) is 4.47. The van der Waals surface area contributed by atoms with E-state index in [-0.39, 0.29) is 0 Å². The zero-order valence-corrected chi connectivity index (χ0v) is 13.9. The minimum Gasteiger partial charge on any atom is -0.310 e. The van der Waals surface area contributed by atoms with Crippen LogP contribution in [0.1, 0.15) is 44.7 Å². The summed E-state index contributed by atoms with van der Waals surface area (Å²) in [6.45, 7) is 12.3. The lowest BCUT2D eigenvalue weighted by Gasteiger charge is -2.41. The zero-order valence-electron chi connectivity index (χ0n) is 13.2. The Bertz CT molecular complexity index is 423. The van der Waals surface area contributed by atoms with Gasteiger partial charge in [0, 0.05) is 36.2 Å². The Morgan fingerprint density at radius 2 is 1.85 bits per heavy atom. The van der Waals surface area contributed by atoms with E-state index in [2.05, 4.69) is 50.0 Å². The van der Waals surface area contributed by atoms with E-state index >= 15 is 0 Å². The fourth-order valence-corrected chi connectivity index (χ4v) is 3.24. The van der Waals surface area contributed by atoms with Crippen molar-refractivity contribution in [2.24, 2.45) is 0 Å². The molecule has 1 aliphatic heterocycles. The van der Waals surface area contributed by atoms with E-state index < -0.39 is 0 Å². The molecule has 2 nitrogen and oxygen atoms in total. The van der Waals surface area contributed by atoms with Crippen LogP contribution in [0.15, 0.2) is 18.2 Å². The SMILES string of the molecule is Cc1cc(Cl)cc(CNC2CCN(C(C)(C)C)CC2)c1. The number of rotatable bonds is 3. The smallest absolute Gasteiger partial charge is 0.0411 e. The summed E-state index contributed by atoms with van der Waals surface area (Å²) in [6, 6.07) is 6.91. The van der Waals surface area contributed by atoms with Gasteiger partial charge in [0.25, 0.3) is 0 Å². The number of halogens is 1. The summed E-state index contributed by atoms with van der Waals surface area (Å²) in [5, 5.41) is 4.52. The van der Waals surface area contributed by atoms with Crippen LogP contribution in [0.3, 0.4) is 0 Å².